The molecule has 1 atom stereocenters. The van der Waals surface area contributed by atoms with E-state index in [9.17, 15) is 14.4 Å². The first-order chi connectivity index (χ1) is 13.7. The molecule has 2 aliphatic rings. The van der Waals surface area contributed by atoms with Gasteiger partial charge in [0.15, 0.2) is 0 Å². The van der Waals surface area contributed by atoms with Crippen LogP contribution in [-0.2, 0) is 27.0 Å². The highest BCUT2D eigenvalue weighted by molar-refractivity contribution is 6.11. The molecule has 1 aliphatic carbocycles. The van der Waals surface area contributed by atoms with Crippen molar-refractivity contribution < 1.29 is 14.4 Å². The molecule has 2 N–H and O–H groups in total. The molecule has 0 saturated carbocycles. The molecule has 2 aromatic carbocycles. The summed E-state index contributed by atoms with van der Waals surface area (Å²) >= 11 is 0. The minimum absolute atomic E-state index is 0.150. The Kier molecular flexibility index (Phi) is 4.45. The number of rotatable bonds is 3. The lowest BCUT2D eigenvalue weighted by Crippen LogP contribution is -2.43. The van der Waals surface area contributed by atoms with Gasteiger partial charge in [0.25, 0.3) is 5.91 Å². The van der Waals surface area contributed by atoms with Crippen LogP contribution in [0.1, 0.15) is 43.9 Å². The Morgan fingerprint density at radius 1 is 1.10 bits per heavy atom. The molecule has 1 fully saturated rings. The zero-order valence-electron chi connectivity index (χ0n) is 16.9. The number of carbonyl (C=O) groups excluding carboxylic acids is 3. The highest BCUT2D eigenvalue weighted by Crippen LogP contribution is 2.41. The summed E-state index contributed by atoms with van der Waals surface area (Å²) in [6, 6.07) is 14.7. The number of nitrogens with one attached hydrogen (secondary N) is 2. The van der Waals surface area contributed by atoms with Crippen molar-refractivity contribution in [2.24, 2.45) is 0 Å². The number of aryl methyl sites for hydroxylation is 1. The molecule has 0 bridgehead atoms. The molecular formula is C23H25N3O3. The van der Waals surface area contributed by atoms with E-state index in [0.717, 1.165) is 28.0 Å². The van der Waals surface area contributed by atoms with Crippen LogP contribution >= 0.6 is 0 Å². The van der Waals surface area contributed by atoms with Crippen molar-refractivity contribution in [1.29, 1.82) is 0 Å². The second-order valence-electron chi connectivity index (χ2n) is 8.73. The summed E-state index contributed by atoms with van der Waals surface area (Å²) in [6.07, 6.45) is 1.24. The van der Waals surface area contributed by atoms with Gasteiger partial charge >= 0.3 is 6.03 Å². The lowest BCUT2D eigenvalue weighted by molar-refractivity contribution is -0.134. The van der Waals surface area contributed by atoms with Crippen molar-refractivity contribution in [1.82, 2.24) is 10.2 Å². The van der Waals surface area contributed by atoms with Gasteiger partial charge in [-0.3, -0.25) is 14.5 Å². The molecule has 0 aromatic heterocycles. The van der Waals surface area contributed by atoms with E-state index < -0.39 is 17.5 Å². The standard InChI is InChI=1S/C23H25N3O3/c1-22(2,3)17-10-6-7-11-18(17)24-19(27)14-26-20(28)23(25-21(26)29)13-12-15-8-4-5-9-16(15)23/h4-11H,12-14H2,1-3H3,(H,24,27)(H,25,29)/t23-/m0/s1. The Labute approximate surface area is 170 Å². The Hall–Kier alpha value is -3.15. The molecule has 6 nitrogen and oxygen atoms in total. The fraction of sp³-hybridized carbons (Fsp3) is 0.348. The van der Waals surface area contributed by atoms with E-state index in [-0.39, 0.29) is 17.9 Å². The predicted molar refractivity (Wildman–Crippen MR) is 110 cm³/mol. The number of carbonyl (C=O) groups is 3. The number of hydrogen-bond acceptors (Lipinski definition) is 3. The van der Waals surface area contributed by atoms with Crippen molar-refractivity contribution in [2.75, 3.05) is 11.9 Å². The zero-order valence-corrected chi connectivity index (χ0v) is 16.9. The molecular weight excluding hydrogens is 366 g/mol. The third-order valence-electron chi connectivity index (χ3n) is 5.73. The van der Waals surface area contributed by atoms with E-state index in [4.69, 9.17) is 0 Å². The molecule has 1 saturated heterocycles. The summed E-state index contributed by atoms with van der Waals surface area (Å²) in [4.78, 5) is 39.5. The zero-order chi connectivity index (χ0) is 20.8. The van der Waals surface area contributed by atoms with Crippen LogP contribution in [0, 0.1) is 0 Å². The van der Waals surface area contributed by atoms with Crippen LogP contribution < -0.4 is 10.6 Å². The number of urea groups is 1. The maximum atomic E-state index is 13.2. The topological polar surface area (TPSA) is 78.5 Å². The summed E-state index contributed by atoms with van der Waals surface area (Å²) in [6.45, 7) is 5.89. The van der Waals surface area contributed by atoms with Gasteiger partial charge in [0.1, 0.15) is 12.1 Å². The smallest absolute Gasteiger partial charge is 0.324 e. The first kappa shape index (κ1) is 19.2. The van der Waals surface area contributed by atoms with Gasteiger partial charge in [-0.1, -0.05) is 63.2 Å². The van der Waals surface area contributed by atoms with Gasteiger partial charge in [-0.05, 0) is 41.0 Å². The van der Waals surface area contributed by atoms with Gasteiger partial charge in [0.05, 0.1) is 0 Å². The molecule has 4 rings (SSSR count). The van der Waals surface area contributed by atoms with Gasteiger partial charge in [-0.15, -0.1) is 0 Å². The molecule has 0 unspecified atom stereocenters. The molecule has 29 heavy (non-hydrogen) atoms. The predicted octanol–water partition coefficient (Wildman–Crippen LogP) is 3.32. The number of fused-ring (bicyclic) bond motifs is 2. The molecule has 0 radical (unpaired) electrons. The number of para-hydroxylation sites is 1. The summed E-state index contributed by atoms with van der Waals surface area (Å²) in [7, 11) is 0. The average molecular weight is 391 g/mol. The van der Waals surface area contributed by atoms with Gasteiger partial charge in [0.2, 0.25) is 5.91 Å². The van der Waals surface area contributed by atoms with Crippen molar-refractivity contribution >= 4 is 23.5 Å². The van der Waals surface area contributed by atoms with Crippen molar-refractivity contribution in [3.63, 3.8) is 0 Å². The average Bonchev–Trinajstić information content (AvgIpc) is 3.15. The van der Waals surface area contributed by atoms with Crippen LogP contribution in [0.5, 0.6) is 0 Å². The maximum Gasteiger partial charge on any atom is 0.325 e. The van der Waals surface area contributed by atoms with Crippen molar-refractivity contribution in [3.05, 3.63) is 65.2 Å². The molecule has 6 heteroatoms. The van der Waals surface area contributed by atoms with Gasteiger partial charge in [-0.25, -0.2) is 4.79 Å². The van der Waals surface area contributed by atoms with Crippen LogP contribution in [0.15, 0.2) is 48.5 Å². The quantitative estimate of drug-likeness (QED) is 0.788. The highest BCUT2D eigenvalue weighted by Gasteiger charge is 2.55. The van der Waals surface area contributed by atoms with Crippen LogP contribution in [0.3, 0.4) is 0 Å². The minimum atomic E-state index is -1.04. The number of hydrogen-bond donors (Lipinski definition) is 2. The molecule has 1 heterocycles. The largest absolute Gasteiger partial charge is 0.325 e. The molecule has 1 spiro atoms. The normalized spacial score (nSPS) is 20.7. The van der Waals surface area contributed by atoms with Crippen LogP contribution in [0.2, 0.25) is 0 Å². The Morgan fingerprint density at radius 3 is 2.55 bits per heavy atom. The van der Waals surface area contributed by atoms with Crippen LogP contribution in [0.25, 0.3) is 0 Å². The summed E-state index contributed by atoms with van der Waals surface area (Å²) in [5.41, 5.74) is 2.38. The number of benzene rings is 2. The van der Waals surface area contributed by atoms with Crippen molar-refractivity contribution in [2.45, 2.75) is 44.6 Å². The summed E-state index contributed by atoms with van der Waals surface area (Å²) in [5.74, 6) is -0.750. The second-order valence-corrected chi connectivity index (χ2v) is 8.73. The Morgan fingerprint density at radius 2 is 1.79 bits per heavy atom. The SMILES string of the molecule is CC(C)(C)c1ccccc1NC(=O)CN1C(=O)N[C@]2(CCc3ccccc32)C1=O. The molecule has 150 valence electrons. The van der Waals surface area contributed by atoms with E-state index >= 15 is 0 Å². The lowest BCUT2D eigenvalue weighted by atomic mass is 9.86. The first-order valence-corrected chi connectivity index (χ1v) is 9.84. The molecule has 2 aromatic rings. The monoisotopic (exact) mass is 391 g/mol. The van der Waals surface area contributed by atoms with Gasteiger partial charge in [0, 0.05) is 5.69 Å². The van der Waals surface area contributed by atoms with Gasteiger partial charge < -0.3 is 10.6 Å². The fourth-order valence-corrected chi connectivity index (χ4v) is 4.31. The van der Waals surface area contributed by atoms with E-state index in [0.29, 0.717) is 12.1 Å². The number of imide groups is 1. The van der Waals surface area contributed by atoms with Gasteiger partial charge in [-0.2, -0.15) is 0 Å². The summed E-state index contributed by atoms with van der Waals surface area (Å²) < 4.78 is 0. The van der Waals surface area contributed by atoms with E-state index in [2.05, 4.69) is 31.4 Å². The van der Waals surface area contributed by atoms with E-state index in [1.54, 1.807) is 0 Å². The third kappa shape index (κ3) is 3.18. The molecule has 1 aliphatic heterocycles. The van der Waals surface area contributed by atoms with E-state index in [1.807, 2.05) is 48.5 Å². The number of nitrogens with zero attached hydrogens (tertiary/aromatic N) is 1. The minimum Gasteiger partial charge on any atom is -0.324 e. The summed E-state index contributed by atoms with van der Waals surface area (Å²) in [5, 5.41) is 5.72. The number of anilines is 1. The Balaban J connectivity index is 1.54. The Bertz CT molecular complexity index is 1010. The van der Waals surface area contributed by atoms with Crippen molar-refractivity contribution in [3.8, 4) is 0 Å². The highest BCUT2D eigenvalue weighted by atomic mass is 16.2. The fourth-order valence-electron chi connectivity index (χ4n) is 4.31. The lowest BCUT2D eigenvalue weighted by Gasteiger charge is -2.24. The maximum absolute atomic E-state index is 13.2. The van der Waals surface area contributed by atoms with Crippen LogP contribution in [-0.4, -0.2) is 29.3 Å². The van der Waals surface area contributed by atoms with E-state index in [1.165, 1.54) is 0 Å². The number of amides is 4. The van der Waals surface area contributed by atoms with Crippen LogP contribution in [0.4, 0.5) is 10.5 Å². The third-order valence-corrected chi connectivity index (χ3v) is 5.73. The second kappa shape index (κ2) is 6.72. The molecule has 4 amide bonds. The first-order valence-electron chi connectivity index (χ1n) is 9.84.